The lowest BCUT2D eigenvalue weighted by Gasteiger charge is -2.35. The molecule has 0 N–H and O–H groups in total. The third kappa shape index (κ3) is 4.01. The maximum absolute atomic E-state index is 13.1. The van der Waals surface area contributed by atoms with Crippen molar-refractivity contribution >= 4 is 33.8 Å². The van der Waals surface area contributed by atoms with Crippen molar-refractivity contribution in [3.05, 3.63) is 71.7 Å². The highest BCUT2D eigenvalue weighted by molar-refractivity contribution is 7.13. The van der Waals surface area contributed by atoms with Crippen LogP contribution in [-0.4, -0.2) is 60.3 Å². The van der Waals surface area contributed by atoms with Gasteiger partial charge < -0.3 is 19.1 Å². The monoisotopic (exact) mass is 446 g/mol. The number of carbonyl (C=O) groups is 1. The largest absolute Gasteiger partial charge is 0.383 e. The first-order chi connectivity index (χ1) is 15.7. The molecule has 0 radical (unpaired) electrons. The van der Waals surface area contributed by atoms with Gasteiger partial charge in [0.25, 0.3) is 5.91 Å². The van der Waals surface area contributed by atoms with Crippen molar-refractivity contribution in [2.24, 2.45) is 0 Å². The Labute approximate surface area is 191 Å². The summed E-state index contributed by atoms with van der Waals surface area (Å²) in [6.07, 6.45) is 0. The summed E-state index contributed by atoms with van der Waals surface area (Å²) in [5.41, 5.74) is 3.92. The van der Waals surface area contributed by atoms with Crippen LogP contribution >= 0.6 is 11.3 Å². The molecule has 0 saturated carbocycles. The van der Waals surface area contributed by atoms with E-state index in [1.54, 1.807) is 7.11 Å². The molecule has 2 aromatic heterocycles. The average Bonchev–Trinajstić information content (AvgIpc) is 3.48. The van der Waals surface area contributed by atoms with E-state index in [4.69, 9.17) is 9.72 Å². The summed E-state index contributed by atoms with van der Waals surface area (Å²) in [7, 11) is 1.71. The molecule has 2 aromatic carbocycles. The predicted molar refractivity (Wildman–Crippen MR) is 129 cm³/mol. The second-order valence-electron chi connectivity index (χ2n) is 7.89. The first-order valence-electron chi connectivity index (χ1n) is 10.9. The molecule has 32 heavy (non-hydrogen) atoms. The fraction of sp³-hybridized carbons (Fsp3) is 0.280. The summed E-state index contributed by atoms with van der Waals surface area (Å²) >= 11 is 1.52. The van der Waals surface area contributed by atoms with Gasteiger partial charge in [-0.2, -0.15) is 0 Å². The van der Waals surface area contributed by atoms with Crippen LogP contribution in [0.15, 0.2) is 66.0 Å². The molecule has 164 valence electrons. The highest BCUT2D eigenvalue weighted by Gasteiger charge is 2.25. The van der Waals surface area contributed by atoms with Crippen molar-refractivity contribution in [1.29, 1.82) is 0 Å². The number of aromatic nitrogens is 2. The Morgan fingerprint density at radius 3 is 2.56 bits per heavy atom. The van der Waals surface area contributed by atoms with E-state index in [2.05, 4.69) is 51.9 Å². The van der Waals surface area contributed by atoms with Gasteiger partial charge >= 0.3 is 0 Å². The molecule has 0 bridgehead atoms. The number of fused-ring (bicyclic) bond motifs is 1. The number of anilines is 1. The molecule has 6 nitrogen and oxygen atoms in total. The van der Waals surface area contributed by atoms with E-state index in [1.165, 1.54) is 22.4 Å². The molecular weight excluding hydrogens is 420 g/mol. The van der Waals surface area contributed by atoms with Gasteiger partial charge in [0.1, 0.15) is 10.7 Å². The number of hydrogen-bond donors (Lipinski definition) is 0. The number of rotatable bonds is 6. The van der Waals surface area contributed by atoms with E-state index in [-0.39, 0.29) is 5.91 Å². The molecule has 4 aromatic rings. The number of carbonyl (C=O) groups excluding carboxylic acids is 1. The number of benzene rings is 2. The standard InChI is InChI=1S/C25H26N4O2S/c1-31-16-15-29-22-10-6-5-7-19(22)17-23(29)24-26-21(18-32-24)25(30)28-13-11-27(12-14-28)20-8-3-2-4-9-20/h2-10,17-18H,11-16H2,1H3. The Hall–Kier alpha value is -3.16. The van der Waals surface area contributed by atoms with Crippen LogP contribution in [0.1, 0.15) is 10.5 Å². The summed E-state index contributed by atoms with van der Waals surface area (Å²) in [5, 5.41) is 3.92. The quantitative estimate of drug-likeness (QED) is 0.441. The maximum atomic E-state index is 13.1. The Balaban J connectivity index is 1.34. The first kappa shape index (κ1) is 20.7. The topological polar surface area (TPSA) is 50.6 Å². The molecule has 7 heteroatoms. The third-order valence-electron chi connectivity index (χ3n) is 5.96. The molecule has 1 fully saturated rings. The zero-order chi connectivity index (χ0) is 21.9. The van der Waals surface area contributed by atoms with Gasteiger partial charge in [-0.25, -0.2) is 4.98 Å². The smallest absolute Gasteiger partial charge is 0.273 e. The van der Waals surface area contributed by atoms with Crippen LogP contribution in [-0.2, 0) is 11.3 Å². The van der Waals surface area contributed by atoms with Crippen molar-refractivity contribution in [1.82, 2.24) is 14.5 Å². The van der Waals surface area contributed by atoms with E-state index < -0.39 is 0 Å². The van der Waals surface area contributed by atoms with E-state index in [1.807, 2.05) is 28.5 Å². The summed E-state index contributed by atoms with van der Waals surface area (Å²) < 4.78 is 7.54. The lowest BCUT2D eigenvalue weighted by molar-refractivity contribution is 0.0742. The predicted octanol–water partition coefficient (Wildman–Crippen LogP) is 4.37. The fourth-order valence-electron chi connectivity index (χ4n) is 4.27. The Bertz CT molecular complexity index is 1210. The minimum absolute atomic E-state index is 0.0137. The molecule has 0 atom stereocenters. The van der Waals surface area contributed by atoms with Crippen molar-refractivity contribution in [3.63, 3.8) is 0 Å². The second kappa shape index (κ2) is 9.14. The SMILES string of the molecule is COCCn1c(-c2nc(C(=O)N3CCN(c4ccccc4)CC3)cs2)cc2ccccc21. The van der Waals surface area contributed by atoms with E-state index in [9.17, 15) is 4.79 Å². The fourth-order valence-corrected chi connectivity index (χ4v) is 5.09. The molecule has 0 spiro atoms. The number of methoxy groups -OCH3 is 1. The van der Waals surface area contributed by atoms with Gasteiger partial charge in [-0.05, 0) is 24.3 Å². The zero-order valence-electron chi connectivity index (χ0n) is 18.1. The van der Waals surface area contributed by atoms with E-state index in [0.29, 0.717) is 25.4 Å². The minimum atomic E-state index is 0.0137. The van der Waals surface area contributed by atoms with Crippen LogP contribution in [0.2, 0.25) is 0 Å². The van der Waals surface area contributed by atoms with E-state index in [0.717, 1.165) is 35.9 Å². The van der Waals surface area contributed by atoms with Crippen LogP contribution in [0.4, 0.5) is 5.69 Å². The van der Waals surface area contributed by atoms with Crippen molar-refractivity contribution in [2.75, 3.05) is 44.8 Å². The molecule has 1 saturated heterocycles. The Kier molecular flexibility index (Phi) is 5.92. The summed E-state index contributed by atoms with van der Waals surface area (Å²) in [4.78, 5) is 22.1. The van der Waals surface area contributed by atoms with Crippen molar-refractivity contribution in [3.8, 4) is 10.7 Å². The molecule has 1 amide bonds. The van der Waals surface area contributed by atoms with Gasteiger partial charge in [-0.1, -0.05) is 36.4 Å². The Morgan fingerprint density at radius 1 is 1.03 bits per heavy atom. The maximum Gasteiger partial charge on any atom is 0.273 e. The third-order valence-corrected chi connectivity index (χ3v) is 6.83. The van der Waals surface area contributed by atoms with Gasteiger partial charge in [0.15, 0.2) is 0 Å². The van der Waals surface area contributed by atoms with Crippen LogP contribution < -0.4 is 4.90 Å². The average molecular weight is 447 g/mol. The molecular formula is C25H26N4O2S. The van der Waals surface area contributed by atoms with Crippen LogP contribution in [0.25, 0.3) is 21.6 Å². The molecule has 1 aliphatic heterocycles. The van der Waals surface area contributed by atoms with Gasteiger partial charge in [0, 0.05) is 61.8 Å². The normalized spacial score (nSPS) is 14.3. The van der Waals surface area contributed by atoms with Crippen molar-refractivity contribution in [2.45, 2.75) is 6.54 Å². The van der Waals surface area contributed by atoms with Crippen LogP contribution in [0.5, 0.6) is 0 Å². The highest BCUT2D eigenvalue weighted by Crippen LogP contribution is 2.31. The summed E-state index contributed by atoms with van der Waals surface area (Å²) in [5.74, 6) is 0.0137. The molecule has 5 rings (SSSR count). The number of thiazole rings is 1. The number of ether oxygens (including phenoxy) is 1. The van der Waals surface area contributed by atoms with E-state index >= 15 is 0 Å². The number of para-hydroxylation sites is 2. The highest BCUT2D eigenvalue weighted by atomic mass is 32.1. The minimum Gasteiger partial charge on any atom is -0.383 e. The number of hydrogen-bond acceptors (Lipinski definition) is 5. The first-order valence-corrected chi connectivity index (χ1v) is 11.7. The second-order valence-corrected chi connectivity index (χ2v) is 8.74. The van der Waals surface area contributed by atoms with Gasteiger partial charge in [0.05, 0.1) is 12.3 Å². The molecule has 1 aliphatic rings. The summed E-state index contributed by atoms with van der Waals surface area (Å²) in [6.45, 7) is 4.43. The summed E-state index contributed by atoms with van der Waals surface area (Å²) in [6, 6.07) is 20.8. The van der Waals surface area contributed by atoms with Gasteiger partial charge in [-0.15, -0.1) is 11.3 Å². The Morgan fingerprint density at radius 2 is 1.78 bits per heavy atom. The van der Waals surface area contributed by atoms with Crippen molar-refractivity contribution < 1.29 is 9.53 Å². The van der Waals surface area contributed by atoms with Crippen LogP contribution in [0, 0.1) is 0 Å². The van der Waals surface area contributed by atoms with Crippen LogP contribution in [0.3, 0.4) is 0 Å². The lowest BCUT2D eigenvalue weighted by Crippen LogP contribution is -2.48. The number of nitrogens with zero attached hydrogens (tertiary/aromatic N) is 4. The lowest BCUT2D eigenvalue weighted by atomic mass is 10.2. The zero-order valence-corrected chi connectivity index (χ0v) is 18.9. The molecule has 0 unspecified atom stereocenters. The molecule has 3 heterocycles. The number of amides is 1. The number of piperazine rings is 1. The molecule has 0 aliphatic carbocycles. The van der Waals surface area contributed by atoms with Gasteiger partial charge in [0.2, 0.25) is 0 Å². The van der Waals surface area contributed by atoms with Gasteiger partial charge in [-0.3, -0.25) is 4.79 Å².